The van der Waals surface area contributed by atoms with Crippen molar-refractivity contribution in [2.24, 2.45) is 11.8 Å². The zero-order valence-corrected chi connectivity index (χ0v) is 14.0. The predicted octanol–water partition coefficient (Wildman–Crippen LogP) is 4.87. The first-order chi connectivity index (χ1) is 9.85. The number of hydrogen-bond donors (Lipinski definition) is 1. The summed E-state index contributed by atoms with van der Waals surface area (Å²) in [6.45, 7) is 9.76. The Hall–Kier alpha value is -0.890. The fourth-order valence-corrected chi connectivity index (χ4v) is 3.44. The van der Waals surface area contributed by atoms with Crippen LogP contribution in [0.3, 0.4) is 0 Å². The number of rotatable bonds is 5. The third kappa shape index (κ3) is 5.10. The Morgan fingerprint density at radius 3 is 2.48 bits per heavy atom. The van der Waals surface area contributed by atoms with E-state index >= 15 is 0 Å². The van der Waals surface area contributed by atoms with Crippen LogP contribution in [0, 0.1) is 24.6 Å². The van der Waals surface area contributed by atoms with Crippen LogP contribution < -0.4 is 5.32 Å². The molecule has 0 radical (unpaired) electrons. The van der Waals surface area contributed by atoms with Crippen molar-refractivity contribution in [2.75, 3.05) is 6.54 Å². The highest BCUT2D eigenvalue weighted by atomic mass is 19.1. The van der Waals surface area contributed by atoms with E-state index in [1.54, 1.807) is 12.1 Å². The van der Waals surface area contributed by atoms with E-state index in [2.05, 4.69) is 26.1 Å². The Morgan fingerprint density at radius 2 is 1.90 bits per heavy atom. The summed E-state index contributed by atoms with van der Waals surface area (Å²) >= 11 is 0. The van der Waals surface area contributed by atoms with Gasteiger partial charge in [0.2, 0.25) is 0 Å². The van der Waals surface area contributed by atoms with E-state index in [1.807, 2.05) is 13.0 Å². The van der Waals surface area contributed by atoms with Crippen molar-refractivity contribution in [2.45, 2.75) is 65.3 Å². The van der Waals surface area contributed by atoms with Crippen molar-refractivity contribution in [3.8, 4) is 0 Å². The van der Waals surface area contributed by atoms with E-state index in [-0.39, 0.29) is 11.4 Å². The smallest absolute Gasteiger partial charge is 0.123 e. The summed E-state index contributed by atoms with van der Waals surface area (Å²) in [5.41, 5.74) is 2.56. The lowest BCUT2D eigenvalue weighted by Crippen LogP contribution is -2.41. The van der Waals surface area contributed by atoms with Crippen molar-refractivity contribution in [3.63, 3.8) is 0 Å². The molecule has 118 valence electrons. The van der Waals surface area contributed by atoms with Crippen molar-refractivity contribution in [3.05, 3.63) is 35.1 Å². The highest BCUT2D eigenvalue weighted by Crippen LogP contribution is 2.33. The molecular weight excluding hydrogens is 261 g/mol. The van der Waals surface area contributed by atoms with Crippen LogP contribution in [0.1, 0.15) is 57.6 Å². The highest BCUT2D eigenvalue weighted by molar-refractivity contribution is 5.27. The molecule has 1 aromatic rings. The SMILES string of the molecule is Cc1cc(F)ccc1CC(CNC(C)(C)C)C1CCCC1. The second kappa shape index (κ2) is 6.91. The van der Waals surface area contributed by atoms with Crippen LogP contribution in [0.4, 0.5) is 4.39 Å². The lowest BCUT2D eigenvalue weighted by molar-refractivity contribution is 0.286. The maximum atomic E-state index is 13.3. The van der Waals surface area contributed by atoms with Crippen LogP contribution in [-0.4, -0.2) is 12.1 Å². The van der Waals surface area contributed by atoms with Gasteiger partial charge >= 0.3 is 0 Å². The molecular formula is C19H30FN. The largest absolute Gasteiger partial charge is 0.312 e. The van der Waals surface area contributed by atoms with Gasteiger partial charge in [0.05, 0.1) is 0 Å². The molecule has 0 spiro atoms. The Balaban J connectivity index is 2.07. The molecule has 0 aromatic heterocycles. The Kier molecular flexibility index (Phi) is 5.43. The number of benzene rings is 1. The van der Waals surface area contributed by atoms with Gasteiger partial charge in [-0.2, -0.15) is 0 Å². The molecule has 1 atom stereocenters. The van der Waals surface area contributed by atoms with Gasteiger partial charge in [0.15, 0.2) is 0 Å². The first kappa shape index (κ1) is 16.5. The van der Waals surface area contributed by atoms with Gasteiger partial charge in [-0.1, -0.05) is 31.7 Å². The van der Waals surface area contributed by atoms with Gasteiger partial charge in [-0.05, 0) is 75.8 Å². The molecule has 0 saturated heterocycles. The molecule has 1 aliphatic carbocycles. The molecule has 0 aliphatic heterocycles. The van der Waals surface area contributed by atoms with Crippen molar-refractivity contribution < 1.29 is 4.39 Å². The fourth-order valence-electron chi connectivity index (χ4n) is 3.44. The van der Waals surface area contributed by atoms with Gasteiger partial charge in [-0.15, -0.1) is 0 Å². The number of nitrogens with one attached hydrogen (secondary N) is 1. The minimum absolute atomic E-state index is 0.124. The quantitative estimate of drug-likeness (QED) is 0.816. The predicted molar refractivity (Wildman–Crippen MR) is 88.0 cm³/mol. The minimum atomic E-state index is -0.124. The van der Waals surface area contributed by atoms with Crippen molar-refractivity contribution >= 4 is 0 Å². The van der Waals surface area contributed by atoms with E-state index in [9.17, 15) is 4.39 Å². The van der Waals surface area contributed by atoms with E-state index in [0.29, 0.717) is 5.92 Å². The fraction of sp³-hybridized carbons (Fsp3) is 0.684. The Bertz CT molecular complexity index is 455. The van der Waals surface area contributed by atoms with Crippen LogP contribution in [0.25, 0.3) is 0 Å². The van der Waals surface area contributed by atoms with Crippen LogP contribution >= 0.6 is 0 Å². The summed E-state index contributed by atoms with van der Waals surface area (Å²) in [4.78, 5) is 0. The number of halogens is 1. The molecule has 1 unspecified atom stereocenters. The van der Waals surface area contributed by atoms with Crippen LogP contribution in [0.15, 0.2) is 18.2 Å². The van der Waals surface area contributed by atoms with E-state index < -0.39 is 0 Å². The maximum Gasteiger partial charge on any atom is 0.123 e. The molecule has 1 fully saturated rings. The van der Waals surface area contributed by atoms with Gasteiger partial charge in [-0.3, -0.25) is 0 Å². The second-order valence-corrected chi connectivity index (χ2v) is 7.71. The lowest BCUT2D eigenvalue weighted by atomic mass is 9.84. The summed E-state index contributed by atoms with van der Waals surface area (Å²) in [6, 6.07) is 5.24. The highest BCUT2D eigenvalue weighted by Gasteiger charge is 2.26. The van der Waals surface area contributed by atoms with Crippen molar-refractivity contribution in [1.82, 2.24) is 5.32 Å². The van der Waals surface area contributed by atoms with Gasteiger partial charge in [0, 0.05) is 5.54 Å². The summed E-state index contributed by atoms with van der Waals surface area (Å²) in [7, 11) is 0. The monoisotopic (exact) mass is 291 g/mol. The molecule has 1 aromatic carbocycles. The molecule has 1 N–H and O–H groups in total. The third-order valence-corrected chi connectivity index (χ3v) is 4.75. The number of hydrogen-bond acceptors (Lipinski definition) is 1. The molecule has 0 bridgehead atoms. The summed E-state index contributed by atoms with van der Waals surface area (Å²) in [6.07, 6.45) is 6.53. The zero-order chi connectivity index (χ0) is 15.5. The van der Waals surface area contributed by atoms with Gasteiger partial charge in [0.1, 0.15) is 5.82 Å². The molecule has 1 nitrogen and oxygen atoms in total. The molecule has 21 heavy (non-hydrogen) atoms. The van der Waals surface area contributed by atoms with Crippen LogP contribution in [0.5, 0.6) is 0 Å². The van der Waals surface area contributed by atoms with E-state index in [4.69, 9.17) is 0 Å². The summed E-state index contributed by atoms with van der Waals surface area (Å²) < 4.78 is 13.3. The Morgan fingerprint density at radius 1 is 1.24 bits per heavy atom. The minimum Gasteiger partial charge on any atom is -0.312 e. The second-order valence-electron chi connectivity index (χ2n) is 7.71. The van der Waals surface area contributed by atoms with Crippen LogP contribution in [0.2, 0.25) is 0 Å². The van der Waals surface area contributed by atoms with E-state index in [1.165, 1.54) is 31.2 Å². The first-order valence-electron chi connectivity index (χ1n) is 8.35. The molecule has 0 heterocycles. The van der Waals surface area contributed by atoms with Gasteiger partial charge in [-0.25, -0.2) is 4.39 Å². The molecule has 2 rings (SSSR count). The average molecular weight is 291 g/mol. The summed E-state index contributed by atoms with van der Waals surface area (Å²) in [5.74, 6) is 1.36. The average Bonchev–Trinajstić information content (AvgIpc) is 2.89. The van der Waals surface area contributed by atoms with E-state index in [0.717, 1.165) is 24.4 Å². The molecule has 2 heteroatoms. The first-order valence-corrected chi connectivity index (χ1v) is 8.35. The summed E-state index contributed by atoms with van der Waals surface area (Å²) in [5, 5.41) is 3.68. The Labute approximate surface area is 129 Å². The zero-order valence-electron chi connectivity index (χ0n) is 14.0. The normalized spacial score (nSPS) is 18.1. The van der Waals surface area contributed by atoms with Crippen molar-refractivity contribution in [1.29, 1.82) is 0 Å². The van der Waals surface area contributed by atoms with Gasteiger partial charge in [0.25, 0.3) is 0 Å². The molecule has 0 amide bonds. The molecule has 1 aliphatic rings. The number of aryl methyl sites for hydroxylation is 1. The molecule has 1 saturated carbocycles. The topological polar surface area (TPSA) is 12.0 Å². The third-order valence-electron chi connectivity index (χ3n) is 4.75. The standard InChI is InChI=1S/C19H30FN/c1-14-11-18(20)10-9-16(14)12-17(13-21-19(2,3)4)15-7-5-6-8-15/h9-11,15,17,21H,5-8,12-13H2,1-4H3. The van der Waals surface area contributed by atoms with Crippen LogP contribution in [-0.2, 0) is 6.42 Å². The van der Waals surface area contributed by atoms with Gasteiger partial charge < -0.3 is 5.32 Å². The maximum absolute atomic E-state index is 13.3. The lowest BCUT2D eigenvalue weighted by Gasteiger charge is -2.29.